The fourth-order valence-corrected chi connectivity index (χ4v) is 4.58. The zero-order valence-corrected chi connectivity index (χ0v) is 18.2. The van der Waals surface area contributed by atoms with Crippen molar-refractivity contribution >= 4 is 32.2 Å². The third kappa shape index (κ3) is 4.69. The van der Waals surface area contributed by atoms with Crippen LogP contribution in [0.2, 0.25) is 5.02 Å². The van der Waals surface area contributed by atoms with Crippen LogP contribution in [-0.2, 0) is 16.4 Å². The molecule has 1 aliphatic rings. The molecule has 1 fully saturated rings. The maximum Gasteiger partial charge on any atom is 0.255 e. The van der Waals surface area contributed by atoms with E-state index in [2.05, 4.69) is 9.88 Å². The van der Waals surface area contributed by atoms with Crippen LogP contribution in [0.25, 0.3) is 10.8 Å². The van der Waals surface area contributed by atoms with Gasteiger partial charge in [0.05, 0.1) is 9.92 Å². The Balaban J connectivity index is 1.36. The normalized spacial score (nSPS) is 16.1. The Bertz CT molecular complexity index is 1210. The van der Waals surface area contributed by atoms with Crippen LogP contribution in [0.1, 0.15) is 18.4 Å². The van der Waals surface area contributed by atoms with E-state index in [9.17, 15) is 13.2 Å². The minimum atomic E-state index is -3.17. The summed E-state index contributed by atoms with van der Waals surface area (Å²) in [6.07, 6.45) is 4.62. The minimum Gasteiger partial charge on any atom is -0.489 e. The van der Waals surface area contributed by atoms with Gasteiger partial charge in [-0.25, -0.2) is 8.42 Å². The van der Waals surface area contributed by atoms with Gasteiger partial charge in [0.15, 0.2) is 9.84 Å². The highest BCUT2D eigenvalue weighted by molar-refractivity contribution is 7.90. The van der Waals surface area contributed by atoms with Crippen LogP contribution in [-0.4, -0.2) is 43.8 Å². The lowest BCUT2D eigenvalue weighted by atomic mass is 10.1. The molecule has 6 nitrogen and oxygen atoms in total. The predicted molar refractivity (Wildman–Crippen MR) is 118 cm³/mol. The molecule has 2 heterocycles. The summed E-state index contributed by atoms with van der Waals surface area (Å²) in [7, 11) is -3.17. The third-order valence-electron chi connectivity index (χ3n) is 5.41. The molecule has 1 aromatic heterocycles. The molecule has 0 spiro atoms. The number of nitrogens with zero attached hydrogens (tertiary/aromatic N) is 1. The molecule has 4 rings (SSSR count). The van der Waals surface area contributed by atoms with Gasteiger partial charge in [0.1, 0.15) is 11.9 Å². The van der Waals surface area contributed by atoms with E-state index in [0.717, 1.165) is 43.4 Å². The van der Waals surface area contributed by atoms with Crippen molar-refractivity contribution in [1.29, 1.82) is 0 Å². The number of aromatic nitrogens is 1. The molecule has 0 radical (unpaired) electrons. The molecule has 3 aromatic rings. The molecule has 1 N–H and O–H groups in total. The number of hydrogen-bond acceptors (Lipinski definition) is 5. The summed E-state index contributed by atoms with van der Waals surface area (Å²) < 4.78 is 29.3. The van der Waals surface area contributed by atoms with Gasteiger partial charge >= 0.3 is 0 Å². The molecule has 0 amide bonds. The largest absolute Gasteiger partial charge is 0.489 e. The van der Waals surface area contributed by atoms with Crippen molar-refractivity contribution in [1.82, 2.24) is 9.88 Å². The number of hydrogen-bond donors (Lipinski definition) is 1. The standard InChI is InChI=1S/C22H23ClN2O4S/c1-30(27,28)18-4-2-15(3-5-18)14-25-10-7-17(8-11-25)29-21-12-16-6-9-24-22(26)19(16)13-20(21)23/h2-6,9,12-13,17H,7-8,10-11,14H2,1H3,(H,24,26). The number of rotatable bonds is 5. The molecule has 1 saturated heterocycles. The first-order valence-corrected chi connectivity index (χ1v) is 12.1. The molecule has 1 aliphatic heterocycles. The number of ether oxygens (including phenoxy) is 1. The van der Waals surface area contributed by atoms with Crippen molar-refractivity contribution in [2.75, 3.05) is 19.3 Å². The molecule has 0 bridgehead atoms. The van der Waals surface area contributed by atoms with Gasteiger partial charge in [-0.2, -0.15) is 0 Å². The highest BCUT2D eigenvalue weighted by Gasteiger charge is 2.22. The van der Waals surface area contributed by atoms with Crippen molar-refractivity contribution in [2.45, 2.75) is 30.4 Å². The van der Waals surface area contributed by atoms with Crippen LogP contribution in [0.3, 0.4) is 0 Å². The first-order chi connectivity index (χ1) is 14.3. The molecular weight excluding hydrogens is 424 g/mol. The summed E-state index contributed by atoms with van der Waals surface area (Å²) >= 11 is 6.34. The maximum atomic E-state index is 11.9. The van der Waals surface area contributed by atoms with Gasteiger partial charge in [0, 0.05) is 37.5 Å². The summed E-state index contributed by atoms with van der Waals surface area (Å²) in [4.78, 5) is 17.2. The summed E-state index contributed by atoms with van der Waals surface area (Å²) in [5.74, 6) is 0.601. The molecule has 0 atom stereocenters. The smallest absolute Gasteiger partial charge is 0.255 e. The van der Waals surface area contributed by atoms with Gasteiger partial charge in [0.25, 0.3) is 5.56 Å². The Morgan fingerprint density at radius 1 is 1.13 bits per heavy atom. The van der Waals surface area contributed by atoms with Crippen molar-refractivity contribution in [2.24, 2.45) is 0 Å². The van der Waals surface area contributed by atoms with E-state index in [1.165, 1.54) is 6.26 Å². The number of pyridine rings is 1. The Kier molecular flexibility index (Phi) is 5.86. The van der Waals surface area contributed by atoms with Gasteiger partial charge in [-0.3, -0.25) is 9.69 Å². The lowest BCUT2D eigenvalue weighted by molar-refractivity contribution is 0.0970. The second kappa shape index (κ2) is 8.41. The van der Waals surface area contributed by atoms with E-state index in [-0.39, 0.29) is 11.7 Å². The maximum absolute atomic E-state index is 11.9. The van der Waals surface area contributed by atoms with E-state index >= 15 is 0 Å². The van der Waals surface area contributed by atoms with Crippen LogP contribution in [0, 0.1) is 0 Å². The topological polar surface area (TPSA) is 79.5 Å². The Morgan fingerprint density at radius 2 is 1.83 bits per heavy atom. The summed E-state index contributed by atoms with van der Waals surface area (Å²) in [6, 6.07) is 12.4. The third-order valence-corrected chi connectivity index (χ3v) is 6.84. The molecule has 0 aliphatic carbocycles. The zero-order valence-electron chi connectivity index (χ0n) is 16.6. The first-order valence-electron chi connectivity index (χ1n) is 9.78. The van der Waals surface area contributed by atoms with Crippen molar-refractivity contribution < 1.29 is 13.2 Å². The zero-order chi connectivity index (χ0) is 21.3. The molecule has 0 saturated carbocycles. The molecule has 30 heavy (non-hydrogen) atoms. The van der Waals surface area contributed by atoms with Crippen LogP contribution in [0.5, 0.6) is 5.75 Å². The predicted octanol–water partition coefficient (Wildman–Crippen LogP) is 3.63. The SMILES string of the molecule is CS(=O)(=O)c1ccc(CN2CCC(Oc3cc4cc[nH]c(=O)c4cc3Cl)CC2)cc1. The van der Waals surface area contributed by atoms with Crippen LogP contribution < -0.4 is 10.3 Å². The van der Waals surface area contributed by atoms with Crippen molar-refractivity contribution in [3.8, 4) is 5.75 Å². The molecular formula is C22H23ClN2O4S. The van der Waals surface area contributed by atoms with E-state index in [1.54, 1.807) is 24.4 Å². The summed E-state index contributed by atoms with van der Waals surface area (Å²) in [5.41, 5.74) is 0.920. The second-order valence-electron chi connectivity index (χ2n) is 7.69. The Morgan fingerprint density at radius 3 is 2.50 bits per heavy atom. The number of piperidine rings is 1. The average molecular weight is 447 g/mol. The van der Waals surface area contributed by atoms with Crippen LogP contribution in [0.15, 0.2) is 58.4 Å². The van der Waals surface area contributed by atoms with E-state index in [1.807, 2.05) is 24.3 Å². The quantitative estimate of drug-likeness (QED) is 0.647. The highest BCUT2D eigenvalue weighted by Crippen LogP contribution is 2.31. The number of sulfone groups is 1. The number of likely N-dealkylation sites (tertiary alicyclic amines) is 1. The van der Waals surface area contributed by atoms with Gasteiger partial charge in [-0.1, -0.05) is 23.7 Å². The van der Waals surface area contributed by atoms with Gasteiger partial charge in [0.2, 0.25) is 0 Å². The molecule has 2 aromatic carbocycles. The lowest BCUT2D eigenvalue weighted by Crippen LogP contribution is -2.37. The highest BCUT2D eigenvalue weighted by atomic mass is 35.5. The number of H-pyrrole nitrogens is 1. The lowest BCUT2D eigenvalue weighted by Gasteiger charge is -2.32. The Hall–Kier alpha value is -2.35. The fourth-order valence-electron chi connectivity index (χ4n) is 3.74. The van der Waals surface area contributed by atoms with E-state index < -0.39 is 9.84 Å². The molecule has 8 heteroatoms. The fraction of sp³-hybridized carbons (Fsp3) is 0.318. The van der Waals surface area contributed by atoms with E-state index in [0.29, 0.717) is 21.1 Å². The number of aromatic amines is 1. The second-order valence-corrected chi connectivity index (χ2v) is 10.1. The first kappa shape index (κ1) is 20.9. The van der Waals surface area contributed by atoms with Gasteiger partial charge in [-0.15, -0.1) is 0 Å². The Labute approximate surface area is 180 Å². The number of nitrogens with one attached hydrogen (secondary N) is 1. The van der Waals surface area contributed by atoms with Crippen LogP contribution >= 0.6 is 11.6 Å². The van der Waals surface area contributed by atoms with Crippen molar-refractivity contribution in [3.05, 3.63) is 69.6 Å². The summed E-state index contributed by atoms with van der Waals surface area (Å²) in [5, 5.41) is 1.78. The van der Waals surface area contributed by atoms with Crippen molar-refractivity contribution in [3.63, 3.8) is 0 Å². The molecule has 158 valence electrons. The van der Waals surface area contributed by atoms with Crippen LogP contribution in [0.4, 0.5) is 0 Å². The summed E-state index contributed by atoms with van der Waals surface area (Å²) in [6.45, 7) is 2.53. The molecule has 0 unspecified atom stereocenters. The van der Waals surface area contributed by atoms with Gasteiger partial charge < -0.3 is 9.72 Å². The monoisotopic (exact) mass is 446 g/mol. The number of benzene rings is 2. The average Bonchev–Trinajstić information content (AvgIpc) is 2.71. The minimum absolute atomic E-state index is 0.0609. The number of halogens is 1. The van der Waals surface area contributed by atoms with Gasteiger partial charge in [-0.05, 0) is 54.1 Å². The number of fused-ring (bicyclic) bond motifs is 1. The van der Waals surface area contributed by atoms with E-state index in [4.69, 9.17) is 16.3 Å².